The van der Waals surface area contributed by atoms with E-state index in [2.05, 4.69) is 59.1 Å². The number of hydrogen-bond donors (Lipinski definition) is 0. The Morgan fingerprint density at radius 1 is 0.917 bits per heavy atom. The van der Waals surface area contributed by atoms with Crippen molar-refractivity contribution in [3.05, 3.63) is 34.9 Å². The predicted molar refractivity (Wildman–Crippen MR) is 206 cm³/mol. The normalized spacial score (nSPS) is 39.2. The van der Waals surface area contributed by atoms with Crippen molar-refractivity contribution < 1.29 is 4.74 Å². The molecule has 0 N–H and O–H groups in total. The molecule has 2 saturated carbocycles. The van der Waals surface area contributed by atoms with Crippen molar-refractivity contribution in [3.8, 4) is 0 Å². The Morgan fingerprint density at radius 3 is 2.35 bits per heavy atom. The topological polar surface area (TPSA) is 12.5 Å². The van der Waals surface area contributed by atoms with Crippen molar-refractivity contribution >= 4 is 0 Å². The molecule has 6 rings (SSSR count). The minimum absolute atomic E-state index is 0.0207. The number of allylic oxidation sites excluding steroid dienone is 4. The Hall–Kier alpha value is -0.860. The molecule has 0 radical (unpaired) electrons. The van der Waals surface area contributed by atoms with E-state index < -0.39 is 0 Å². The van der Waals surface area contributed by atoms with Crippen LogP contribution < -0.4 is 0 Å². The van der Waals surface area contributed by atoms with Crippen LogP contribution in [0.5, 0.6) is 0 Å². The Labute approximate surface area is 298 Å². The summed E-state index contributed by atoms with van der Waals surface area (Å²) in [5, 5.41) is 0. The van der Waals surface area contributed by atoms with E-state index in [0.29, 0.717) is 23.5 Å². The van der Waals surface area contributed by atoms with Crippen LogP contribution in [0.1, 0.15) is 183 Å². The van der Waals surface area contributed by atoms with Crippen molar-refractivity contribution in [3.63, 3.8) is 0 Å². The first-order chi connectivity index (χ1) is 23.2. The second-order valence-corrected chi connectivity index (χ2v) is 18.6. The largest absolute Gasteiger partial charge is 0.365 e. The van der Waals surface area contributed by atoms with E-state index in [0.717, 1.165) is 29.6 Å². The summed E-state index contributed by atoms with van der Waals surface area (Å²) < 4.78 is 7.46. The molecule has 2 saturated heterocycles. The molecule has 4 aliphatic carbocycles. The van der Waals surface area contributed by atoms with Gasteiger partial charge in [-0.05, 0) is 131 Å². The van der Waals surface area contributed by atoms with Gasteiger partial charge in [-0.15, -0.1) is 0 Å². The van der Waals surface area contributed by atoms with Crippen LogP contribution in [0.3, 0.4) is 0 Å². The number of fused-ring (bicyclic) bond motifs is 6. The van der Waals surface area contributed by atoms with Crippen molar-refractivity contribution in [1.82, 2.24) is 4.90 Å². The number of ether oxygens (including phenoxy) is 1. The third-order valence-electron chi connectivity index (χ3n) is 15.7. The van der Waals surface area contributed by atoms with Gasteiger partial charge in [0.1, 0.15) is 0 Å². The van der Waals surface area contributed by atoms with E-state index in [1.165, 1.54) is 160 Å². The van der Waals surface area contributed by atoms with Crippen LogP contribution in [-0.4, -0.2) is 35.7 Å². The maximum atomic E-state index is 7.46. The molecule has 48 heavy (non-hydrogen) atoms. The van der Waals surface area contributed by atoms with Gasteiger partial charge in [0, 0.05) is 18.5 Å². The fourth-order valence-corrected chi connectivity index (χ4v) is 12.7. The maximum Gasteiger partial charge on any atom is 0.0937 e. The Kier molecular flexibility index (Phi) is 12.5. The van der Waals surface area contributed by atoms with Gasteiger partial charge >= 0.3 is 0 Å². The lowest BCUT2D eigenvalue weighted by atomic mass is 9.55. The molecule has 2 heterocycles. The first-order valence-electron chi connectivity index (χ1n) is 21.7. The standard InChI is InChI=1S/C46H77NO/c1-8-10-11-12-13-14-15-16-17-18-20-33(3)21-19-28-47-32-34(4)29-43-44(47)36(6)46(48-43)27-25-39-40-23-22-38-30-37(9-2)24-26-45(38,7)42(40)31-41(39)35(46)5/h22,34,36-37,39-40,42-44H,3,8-21,23-32H2,1-2,4-7H3/t34?,36-,37?,39?,40?,42?,43?,44?,45?,46?/m1/s1. The predicted octanol–water partition coefficient (Wildman–Crippen LogP) is 13.0. The monoisotopic (exact) mass is 660 g/mol. The fraction of sp³-hybridized carbons (Fsp3) is 0.870. The first-order valence-corrected chi connectivity index (χ1v) is 21.7. The molecule has 0 aromatic carbocycles. The minimum atomic E-state index is -0.0207. The molecular weight excluding hydrogens is 583 g/mol. The van der Waals surface area contributed by atoms with Gasteiger partial charge in [0.05, 0.1) is 11.7 Å². The van der Waals surface area contributed by atoms with Crippen LogP contribution in [0.4, 0.5) is 0 Å². The first kappa shape index (κ1) is 36.9. The lowest BCUT2D eigenvalue weighted by molar-refractivity contribution is -0.0648. The van der Waals surface area contributed by atoms with Crippen LogP contribution in [-0.2, 0) is 4.74 Å². The summed E-state index contributed by atoms with van der Waals surface area (Å²) >= 11 is 0. The van der Waals surface area contributed by atoms with Crippen molar-refractivity contribution in [2.24, 2.45) is 40.9 Å². The van der Waals surface area contributed by atoms with E-state index in [1.54, 1.807) is 5.57 Å². The van der Waals surface area contributed by atoms with Crippen LogP contribution in [0.15, 0.2) is 34.9 Å². The van der Waals surface area contributed by atoms with Crippen molar-refractivity contribution in [2.45, 2.75) is 201 Å². The molecule has 2 heteroatoms. The average molecular weight is 660 g/mol. The number of unbranched alkanes of at least 4 members (excludes halogenated alkanes) is 9. The molecule has 2 aliphatic heterocycles. The van der Waals surface area contributed by atoms with E-state index in [9.17, 15) is 0 Å². The zero-order valence-electron chi connectivity index (χ0n) is 32.7. The van der Waals surface area contributed by atoms with Gasteiger partial charge in [-0.1, -0.05) is 128 Å². The maximum absolute atomic E-state index is 7.46. The molecule has 0 aromatic rings. The summed E-state index contributed by atoms with van der Waals surface area (Å²) in [6.07, 6.45) is 33.2. The summed E-state index contributed by atoms with van der Waals surface area (Å²) in [4.78, 5) is 2.90. The average Bonchev–Trinajstić information content (AvgIpc) is 3.59. The van der Waals surface area contributed by atoms with Crippen LogP contribution >= 0.6 is 0 Å². The van der Waals surface area contributed by atoms with Crippen LogP contribution in [0.2, 0.25) is 0 Å². The number of hydrogen-bond acceptors (Lipinski definition) is 2. The molecule has 4 fully saturated rings. The van der Waals surface area contributed by atoms with E-state index in [-0.39, 0.29) is 5.60 Å². The number of likely N-dealkylation sites (tertiary alicyclic amines) is 1. The fourth-order valence-electron chi connectivity index (χ4n) is 12.7. The van der Waals surface area contributed by atoms with Gasteiger partial charge in [-0.2, -0.15) is 0 Å². The molecule has 9 unspecified atom stereocenters. The quantitative estimate of drug-likeness (QED) is 0.121. The lowest BCUT2D eigenvalue weighted by Gasteiger charge is -2.49. The molecular formula is C46H77NO. The highest BCUT2D eigenvalue weighted by Crippen LogP contribution is 2.65. The smallest absolute Gasteiger partial charge is 0.0937 e. The number of rotatable bonds is 16. The van der Waals surface area contributed by atoms with Crippen molar-refractivity contribution in [1.29, 1.82) is 0 Å². The highest BCUT2D eigenvalue weighted by Gasteiger charge is 2.61. The zero-order chi connectivity index (χ0) is 33.9. The minimum Gasteiger partial charge on any atom is -0.365 e. The summed E-state index contributed by atoms with van der Waals surface area (Å²) in [6, 6.07) is 0.585. The van der Waals surface area contributed by atoms with Crippen LogP contribution in [0.25, 0.3) is 0 Å². The summed E-state index contributed by atoms with van der Waals surface area (Å²) in [5.41, 5.74) is 7.33. The SMILES string of the molecule is C=C(CCCCCCCCCCCC)CCCN1CC(C)CC2OC3(CCC4C(=C3C)CC3C4CC=C4CC(CC)CCC43C)[C@H](C)C21. The van der Waals surface area contributed by atoms with Crippen LogP contribution in [0, 0.1) is 40.9 Å². The number of nitrogens with zero attached hydrogens (tertiary/aromatic N) is 1. The van der Waals surface area contributed by atoms with E-state index in [4.69, 9.17) is 4.74 Å². The van der Waals surface area contributed by atoms with Gasteiger partial charge in [-0.3, -0.25) is 4.90 Å². The molecule has 0 bridgehead atoms. The second kappa shape index (κ2) is 16.2. The summed E-state index contributed by atoms with van der Waals surface area (Å²) in [6.45, 7) is 22.0. The molecule has 2 nitrogen and oxygen atoms in total. The molecule has 0 aromatic heterocycles. The number of piperidine rings is 1. The van der Waals surface area contributed by atoms with E-state index in [1.807, 2.05) is 11.1 Å². The Bertz CT molecular complexity index is 1150. The van der Waals surface area contributed by atoms with Gasteiger partial charge in [-0.25, -0.2) is 0 Å². The summed E-state index contributed by atoms with van der Waals surface area (Å²) in [5.74, 6) is 4.80. The summed E-state index contributed by atoms with van der Waals surface area (Å²) in [7, 11) is 0. The third kappa shape index (κ3) is 7.38. The zero-order valence-corrected chi connectivity index (χ0v) is 32.7. The Morgan fingerprint density at radius 2 is 1.62 bits per heavy atom. The molecule has 272 valence electrons. The van der Waals surface area contributed by atoms with Gasteiger partial charge in [0.2, 0.25) is 0 Å². The second-order valence-electron chi connectivity index (χ2n) is 18.6. The van der Waals surface area contributed by atoms with Gasteiger partial charge < -0.3 is 4.74 Å². The molecule has 10 atom stereocenters. The van der Waals surface area contributed by atoms with E-state index >= 15 is 0 Å². The third-order valence-corrected chi connectivity index (χ3v) is 15.7. The highest BCUT2D eigenvalue weighted by atomic mass is 16.5. The van der Waals surface area contributed by atoms with Gasteiger partial charge in [0.25, 0.3) is 0 Å². The molecule has 0 amide bonds. The van der Waals surface area contributed by atoms with Crippen molar-refractivity contribution in [2.75, 3.05) is 13.1 Å². The molecule has 6 aliphatic rings. The lowest BCUT2D eigenvalue weighted by Crippen LogP contribution is -2.52. The Balaban J connectivity index is 1.02. The molecule has 1 spiro atoms. The van der Waals surface area contributed by atoms with Gasteiger partial charge in [0.15, 0.2) is 0 Å². The highest BCUT2D eigenvalue weighted by molar-refractivity contribution is 5.38.